The van der Waals surface area contributed by atoms with Crippen LogP contribution < -0.4 is 16.8 Å². The van der Waals surface area contributed by atoms with Crippen LogP contribution in [0.15, 0.2) is 72.8 Å². The van der Waals surface area contributed by atoms with Gasteiger partial charge in [-0.25, -0.2) is 5.06 Å². The normalized spacial score (nSPS) is 10.3. The molecule has 3 rings (SSSR count). The summed E-state index contributed by atoms with van der Waals surface area (Å²) in [4.78, 5) is 29.2. The minimum Gasteiger partial charge on any atom is -0.398 e. The molecule has 29 heavy (non-hydrogen) atoms. The summed E-state index contributed by atoms with van der Waals surface area (Å²) in [6, 6.07) is 21.2. The van der Waals surface area contributed by atoms with E-state index in [2.05, 4.69) is 5.32 Å². The highest BCUT2D eigenvalue weighted by Gasteiger charge is 2.10. The lowest BCUT2D eigenvalue weighted by Crippen LogP contribution is -2.22. The molecule has 0 unspecified atom stereocenters. The van der Waals surface area contributed by atoms with Crippen molar-refractivity contribution < 1.29 is 14.4 Å². The number of nitrogen functional groups attached to an aromatic ring is 2. The number of benzene rings is 3. The fourth-order valence-electron chi connectivity index (χ4n) is 2.68. The van der Waals surface area contributed by atoms with Crippen molar-refractivity contribution in [3.63, 3.8) is 0 Å². The molecule has 3 aromatic carbocycles. The van der Waals surface area contributed by atoms with Crippen LogP contribution in [0.5, 0.6) is 0 Å². The van der Waals surface area contributed by atoms with Crippen LogP contribution in [0.25, 0.3) is 0 Å². The number of anilines is 3. The highest BCUT2D eigenvalue weighted by atomic mass is 16.7. The molecule has 0 spiro atoms. The van der Waals surface area contributed by atoms with Gasteiger partial charge < -0.3 is 16.8 Å². The summed E-state index contributed by atoms with van der Waals surface area (Å²) >= 11 is 0. The van der Waals surface area contributed by atoms with Gasteiger partial charge in [0.05, 0.1) is 17.9 Å². The van der Waals surface area contributed by atoms with Crippen molar-refractivity contribution in [2.24, 2.45) is 0 Å². The SMILES string of the molecule is Nc1ccccc1CON(C=O)Cc1ccc(C(=O)Nc2ccccc2N)cc1. The Morgan fingerprint density at radius 2 is 1.59 bits per heavy atom. The van der Waals surface area contributed by atoms with Crippen LogP contribution in [0.2, 0.25) is 0 Å². The Balaban J connectivity index is 1.58. The van der Waals surface area contributed by atoms with Gasteiger partial charge in [-0.2, -0.15) is 0 Å². The number of hydroxylamine groups is 2. The van der Waals surface area contributed by atoms with Crippen molar-refractivity contribution >= 4 is 29.4 Å². The quantitative estimate of drug-likeness (QED) is 0.311. The Bertz CT molecular complexity index is 989. The van der Waals surface area contributed by atoms with Gasteiger partial charge in [-0.15, -0.1) is 0 Å². The van der Waals surface area contributed by atoms with Gasteiger partial charge in [0.25, 0.3) is 5.91 Å². The molecule has 0 aliphatic carbocycles. The molecule has 5 N–H and O–H groups in total. The lowest BCUT2D eigenvalue weighted by atomic mass is 10.1. The van der Waals surface area contributed by atoms with E-state index in [0.29, 0.717) is 29.0 Å². The smallest absolute Gasteiger partial charge is 0.255 e. The topological polar surface area (TPSA) is 111 Å². The molecule has 0 saturated heterocycles. The van der Waals surface area contributed by atoms with Gasteiger partial charge >= 0.3 is 0 Å². The number of carbonyl (C=O) groups excluding carboxylic acids is 2. The molecule has 0 fully saturated rings. The summed E-state index contributed by atoms with van der Waals surface area (Å²) in [7, 11) is 0. The van der Waals surface area contributed by atoms with Gasteiger partial charge in [-0.1, -0.05) is 42.5 Å². The van der Waals surface area contributed by atoms with Gasteiger partial charge in [-0.05, 0) is 35.9 Å². The zero-order chi connectivity index (χ0) is 20.6. The highest BCUT2D eigenvalue weighted by molar-refractivity contribution is 6.05. The Hall–Kier alpha value is -3.84. The van der Waals surface area contributed by atoms with Crippen molar-refractivity contribution in [3.05, 3.63) is 89.5 Å². The molecule has 0 saturated carbocycles. The molecule has 0 aromatic heterocycles. The number of hydrogen-bond acceptors (Lipinski definition) is 5. The zero-order valence-corrected chi connectivity index (χ0v) is 15.7. The molecule has 0 aliphatic heterocycles. The first kappa shape index (κ1) is 19.9. The number of hydrogen-bond donors (Lipinski definition) is 3. The maximum absolute atomic E-state index is 12.4. The minimum atomic E-state index is -0.266. The maximum atomic E-state index is 12.4. The maximum Gasteiger partial charge on any atom is 0.255 e. The summed E-state index contributed by atoms with van der Waals surface area (Å²) < 4.78 is 0. The predicted molar refractivity (Wildman–Crippen MR) is 112 cm³/mol. The molecule has 0 radical (unpaired) electrons. The van der Waals surface area contributed by atoms with E-state index in [1.54, 1.807) is 54.6 Å². The summed E-state index contributed by atoms with van der Waals surface area (Å²) in [6.45, 7) is 0.425. The fourth-order valence-corrected chi connectivity index (χ4v) is 2.68. The van der Waals surface area contributed by atoms with Crippen LogP contribution >= 0.6 is 0 Å². The Labute approximate surface area is 168 Å². The van der Waals surface area contributed by atoms with Crippen LogP contribution in [-0.4, -0.2) is 17.4 Å². The molecule has 0 aliphatic rings. The summed E-state index contributed by atoms with van der Waals surface area (Å²) in [6.07, 6.45) is 0.609. The Morgan fingerprint density at radius 1 is 0.931 bits per heavy atom. The largest absolute Gasteiger partial charge is 0.398 e. The molecular weight excluding hydrogens is 368 g/mol. The van der Waals surface area contributed by atoms with E-state index < -0.39 is 0 Å². The second-order valence-corrected chi connectivity index (χ2v) is 6.39. The molecule has 0 atom stereocenters. The van der Waals surface area contributed by atoms with E-state index in [1.807, 2.05) is 18.2 Å². The molecule has 0 bridgehead atoms. The second kappa shape index (κ2) is 9.38. The average molecular weight is 390 g/mol. The van der Waals surface area contributed by atoms with E-state index in [-0.39, 0.29) is 19.1 Å². The van der Waals surface area contributed by atoms with Gasteiger partial charge in [-0.3, -0.25) is 14.4 Å². The second-order valence-electron chi connectivity index (χ2n) is 6.39. The molecule has 0 heterocycles. The molecule has 7 nitrogen and oxygen atoms in total. The number of nitrogens with two attached hydrogens (primary N) is 2. The van der Waals surface area contributed by atoms with Gasteiger partial charge in [0, 0.05) is 16.8 Å². The van der Waals surface area contributed by atoms with Crippen LogP contribution in [0.1, 0.15) is 21.5 Å². The van der Waals surface area contributed by atoms with Gasteiger partial charge in [0.2, 0.25) is 6.41 Å². The third-order valence-electron chi connectivity index (χ3n) is 4.32. The predicted octanol–water partition coefficient (Wildman–Crippen LogP) is 3.19. The van der Waals surface area contributed by atoms with Crippen molar-refractivity contribution in [1.82, 2.24) is 5.06 Å². The number of amides is 2. The first-order valence-electron chi connectivity index (χ1n) is 9.00. The highest BCUT2D eigenvalue weighted by Crippen LogP contribution is 2.18. The van der Waals surface area contributed by atoms with Crippen molar-refractivity contribution in [2.45, 2.75) is 13.2 Å². The van der Waals surface area contributed by atoms with Crippen LogP contribution in [0, 0.1) is 0 Å². The fraction of sp³-hybridized carbons (Fsp3) is 0.0909. The third kappa shape index (κ3) is 5.33. The molecule has 148 valence electrons. The molecule has 3 aromatic rings. The van der Waals surface area contributed by atoms with Crippen LogP contribution in [-0.2, 0) is 22.8 Å². The number of rotatable bonds is 8. The third-order valence-corrected chi connectivity index (χ3v) is 4.32. The average Bonchev–Trinajstić information content (AvgIpc) is 2.74. The van der Waals surface area contributed by atoms with Crippen molar-refractivity contribution in [2.75, 3.05) is 16.8 Å². The molecule has 7 heteroatoms. The Morgan fingerprint density at radius 3 is 2.24 bits per heavy atom. The molecule has 2 amide bonds. The number of carbonyl (C=O) groups is 2. The minimum absolute atomic E-state index is 0.185. The summed E-state index contributed by atoms with van der Waals surface area (Å²) in [5, 5.41) is 3.96. The van der Waals surface area contributed by atoms with Gasteiger partial charge in [0.15, 0.2) is 0 Å². The lowest BCUT2D eigenvalue weighted by Gasteiger charge is -2.18. The van der Waals surface area contributed by atoms with Crippen LogP contribution in [0.3, 0.4) is 0 Å². The number of para-hydroxylation sites is 3. The number of nitrogens with zero attached hydrogens (tertiary/aromatic N) is 1. The standard InChI is InChI=1S/C22H22N4O3/c23-19-6-2-1-5-18(19)14-29-26(15-27)13-16-9-11-17(12-10-16)22(28)25-21-8-4-3-7-20(21)24/h1-12,15H,13-14,23-24H2,(H,25,28). The van der Waals surface area contributed by atoms with E-state index in [1.165, 1.54) is 5.06 Å². The summed E-state index contributed by atoms with van der Waals surface area (Å²) in [5.41, 5.74) is 15.5. The lowest BCUT2D eigenvalue weighted by molar-refractivity contribution is -0.181. The molecular formula is C22H22N4O3. The van der Waals surface area contributed by atoms with E-state index >= 15 is 0 Å². The monoisotopic (exact) mass is 390 g/mol. The first-order valence-corrected chi connectivity index (χ1v) is 9.00. The first-order chi connectivity index (χ1) is 14.1. The zero-order valence-electron chi connectivity index (χ0n) is 15.7. The van der Waals surface area contributed by atoms with E-state index in [9.17, 15) is 9.59 Å². The van der Waals surface area contributed by atoms with Gasteiger partial charge in [0.1, 0.15) is 6.61 Å². The van der Waals surface area contributed by atoms with E-state index in [4.69, 9.17) is 16.3 Å². The van der Waals surface area contributed by atoms with Crippen molar-refractivity contribution in [3.8, 4) is 0 Å². The summed E-state index contributed by atoms with van der Waals surface area (Å²) in [5.74, 6) is -0.266. The number of nitrogens with one attached hydrogen (secondary N) is 1. The van der Waals surface area contributed by atoms with E-state index in [0.717, 1.165) is 11.1 Å². The van der Waals surface area contributed by atoms with Crippen molar-refractivity contribution in [1.29, 1.82) is 0 Å². The van der Waals surface area contributed by atoms with Crippen LogP contribution in [0.4, 0.5) is 17.1 Å². The Kier molecular flexibility index (Phi) is 6.44.